The number of ether oxygens (including phenoxy) is 1. The van der Waals surface area contributed by atoms with Crippen molar-refractivity contribution in [2.24, 2.45) is 5.10 Å². The van der Waals surface area contributed by atoms with Crippen LogP contribution in [0.4, 0.5) is 23.2 Å². The standard InChI is InChI=1S/C15H12F4N2O2/c1-7(9-4-3-8(23-2)5-12(9)22)20-21-15-13(18)10(16)6-11(17)14(15)19/h3-6,21-22H,1-2H3/b20-7+. The molecule has 0 aliphatic heterocycles. The Hall–Kier alpha value is -2.77. The zero-order chi connectivity index (χ0) is 17.1. The molecule has 2 aromatic rings. The van der Waals surface area contributed by atoms with Gasteiger partial charge in [0.15, 0.2) is 23.3 Å². The maximum Gasteiger partial charge on any atom is 0.186 e. The third-order valence-corrected chi connectivity index (χ3v) is 3.04. The van der Waals surface area contributed by atoms with E-state index in [1.165, 1.54) is 32.2 Å². The second-order valence-electron chi connectivity index (χ2n) is 4.54. The zero-order valence-corrected chi connectivity index (χ0v) is 12.1. The van der Waals surface area contributed by atoms with Gasteiger partial charge in [-0.25, -0.2) is 17.6 Å². The molecule has 23 heavy (non-hydrogen) atoms. The fourth-order valence-corrected chi connectivity index (χ4v) is 1.82. The Morgan fingerprint density at radius 3 is 2.22 bits per heavy atom. The maximum absolute atomic E-state index is 13.5. The van der Waals surface area contributed by atoms with E-state index in [-0.39, 0.29) is 23.1 Å². The number of hydrogen-bond acceptors (Lipinski definition) is 4. The van der Waals surface area contributed by atoms with Crippen LogP contribution in [0.25, 0.3) is 0 Å². The molecule has 122 valence electrons. The van der Waals surface area contributed by atoms with E-state index in [2.05, 4.69) is 5.10 Å². The van der Waals surface area contributed by atoms with Gasteiger partial charge in [0.1, 0.15) is 17.2 Å². The van der Waals surface area contributed by atoms with Gasteiger partial charge in [-0.3, -0.25) is 5.43 Å². The molecule has 0 radical (unpaired) electrons. The van der Waals surface area contributed by atoms with E-state index < -0.39 is 29.0 Å². The fraction of sp³-hybridized carbons (Fsp3) is 0.133. The number of halogens is 4. The first-order chi connectivity index (χ1) is 10.8. The van der Waals surface area contributed by atoms with E-state index in [4.69, 9.17) is 4.74 Å². The van der Waals surface area contributed by atoms with E-state index in [0.717, 1.165) is 0 Å². The number of methoxy groups -OCH3 is 1. The van der Waals surface area contributed by atoms with E-state index in [0.29, 0.717) is 5.75 Å². The lowest BCUT2D eigenvalue weighted by atomic mass is 10.1. The minimum atomic E-state index is -1.60. The number of nitrogens with zero attached hydrogens (tertiary/aromatic N) is 1. The van der Waals surface area contributed by atoms with Crippen molar-refractivity contribution in [3.63, 3.8) is 0 Å². The molecule has 4 nitrogen and oxygen atoms in total. The Bertz CT molecular complexity index is 752. The third kappa shape index (κ3) is 3.36. The molecule has 0 aromatic heterocycles. The minimum Gasteiger partial charge on any atom is -0.507 e. The van der Waals surface area contributed by atoms with Crippen LogP contribution in [0.1, 0.15) is 12.5 Å². The highest BCUT2D eigenvalue weighted by atomic mass is 19.2. The molecule has 0 aliphatic rings. The van der Waals surface area contributed by atoms with Crippen LogP contribution in [0.3, 0.4) is 0 Å². The first kappa shape index (κ1) is 16.6. The van der Waals surface area contributed by atoms with Gasteiger partial charge in [0.2, 0.25) is 0 Å². The third-order valence-electron chi connectivity index (χ3n) is 3.04. The molecule has 2 N–H and O–H groups in total. The van der Waals surface area contributed by atoms with Crippen LogP contribution in [0, 0.1) is 23.3 Å². The topological polar surface area (TPSA) is 53.8 Å². The van der Waals surface area contributed by atoms with Crippen LogP contribution < -0.4 is 10.2 Å². The van der Waals surface area contributed by atoms with E-state index in [9.17, 15) is 22.7 Å². The summed E-state index contributed by atoms with van der Waals surface area (Å²) < 4.78 is 58.1. The summed E-state index contributed by atoms with van der Waals surface area (Å²) in [6.45, 7) is 1.43. The fourth-order valence-electron chi connectivity index (χ4n) is 1.82. The number of phenols is 1. The molecule has 2 aromatic carbocycles. The molecule has 0 saturated carbocycles. The Morgan fingerprint density at radius 2 is 1.70 bits per heavy atom. The van der Waals surface area contributed by atoms with Gasteiger partial charge in [-0.05, 0) is 19.1 Å². The van der Waals surface area contributed by atoms with Gasteiger partial charge in [-0.2, -0.15) is 5.10 Å². The predicted molar refractivity (Wildman–Crippen MR) is 76.8 cm³/mol. The molecule has 0 unspecified atom stereocenters. The molecule has 0 spiro atoms. The lowest BCUT2D eigenvalue weighted by Crippen LogP contribution is -2.06. The number of nitrogens with one attached hydrogen (secondary N) is 1. The number of aromatic hydroxyl groups is 1. The summed E-state index contributed by atoms with van der Waals surface area (Å²) >= 11 is 0. The normalized spacial score (nSPS) is 11.5. The van der Waals surface area contributed by atoms with Crippen LogP contribution in [0.15, 0.2) is 29.4 Å². The number of anilines is 1. The number of rotatable bonds is 4. The van der Waals surface area contributed by atoms with Crippen LogP contribution in [0.5, 0.6) is 11.5 Å². The number of hydrogen-bond donors (Lipinski definition) is 2. The van der Waals surface area contributed by atoms with Crippen molar-refractivity contribution in [1.29, 1.82) is 0 Å². The van der Waals surface area contributed by atoms with Gasteiger partial charge >= 0.3 is 0 Å². The van der Waals surface area contributed by atoms with Gasteiger partial charge < -0.3 is 9.84 Å². The molecule has 0 saturated heterocycles. The molecule has 0 bridgehead atoms. The average Bonchev–Trinajstić information content (AvgIpc) is 2.52. The first-order valence-corrected chi connectivity index (χ1v) is 6.35. The average molecular weight is 328 g/mol. The highest BCUT2D eigenvalue weighted by molar-refractivity contribution is 6.01. The molecule has 0 atom stereocenters. The Balaban J connectivity index is 2.34. The van der Waals surface area contributed by atoms with Gasteiger partial charge in [0.05, 0.1) is 12.8 Å². The van der Waals surface area contributed by atoms with E-state index in [1.54, 1.807) is 0 Å². The molecule has 0 heterocycles. The minimum absolute atomic E-state index is 0.0989. The summed E-state index contributed by atoms with van der Waals surface area (Å²) in [5, 5.41) is 13.5. The maximum atomic E-state index is 13.5. The molecule has 0 aliphatic carbocycles. The molecular weight excluding hydrogens is 316 g/mol. The summed E-state index contributed by atoms with van der Waals surface area (Å²) in [4.78, 5) is 0. The SMILES string of the molecule is COc1ccc(/C(C)=N/Nc2c(F)c(F)cc(F)c2F)c(O)c1. The van der Waals surface area contributed by atoms with E-state index in [1.807, 2.05) is 5.43 Å². The van der Waals surface area contributed by atoms with Crippen LogP contribution in [-0.2, 0) is 0 Å². The zero-order valence-electron chi connectivity index (χ0n) is 12.1. The predicted octanol–water partition coefficient (Wildman–Crippen LogP) is 3.79. The molecular formula is C15H12F4N2O2. The Kier molecular flexibility index (Phi) is 4.73. The van der Waals surface area contributed by atoms with Crippen molar-refractivity contribution < 1.29 is 27.4 Å². The first-order valence-electron chi connectivity index (χ1n) is 6.35. The van der Waals surface area contributed by atoms with Crippen molar-refractivity contribution >= 4 is 11.4 Å². The smallest absolute Gasteiger partial charge is 0.186 e. The highest BCUT2D eigenvalue weighted by Crippen LogP contribution is 2.26. The monoisotopic (exact) mass is 328 g/mol. The number of benzene rings is 2. The van der Waals surface area contributed by atoms with Crippen molar-refractivity contribution in [3.05, 3.63) is 53.1 Å². The van der Waals surface area contributed by atoms with Crippen LogP contribution >= 0.6 is 0 Å². The van der Waals surface area contributed by atoms with E-state index >= 15 is 0 Å². The highest BCUT2D eigenvalue weighted by Gasteiger charge is 2.19. The lowest BCUT2D eigenvalue weighted by molar-refractivity contribution is 0.407. The second kappa shape index (κ2) is 6.55. The second-order valence-corrected chi connectivity index (χ2v) is 4.54. The van der Waals surface area contributed by atoms with Crippen molar-refractivity contribution in [2.45, 2.75) is 6.92 Å². The van der Waals surface area contributed by atoms with Gasteiger partial charge in [0.25, 0.3) is 0 Å². The number of hydrazone groups is 1. The quantitative estimate of drug-likeness (QED) is 0.388. The van der Waals surface area contributed by atoms with Crippen LogP contribution in [-0.4, -0.2) is 17.9 Å². The molecule has 2 rings (SSSR count). The Labute approximate surface area is 129 Å². The summed E-state index contributed by atoms with van der Waals surface area (Å²) in [6, 6.07) is 4.42. The lowest BCUT2D eigenvalue weighted by Gasteiger charge is -2.09. The van der Waals surface area contributed by atoms with Gasteiger partial charge in [-0.1, -0.05) is 0 Å². The van der Waals surface area contributed by atoms with Crippen molar-refractivity contribution in [1.82, 2.24) is 0 Å². The molecule has 8 heteroatoms. The molecule has 0 amide bonds. The largest absolute Gasteiger partial charge is 0.507 e. The summed E-state index contributed by atoms with van der Waals surface area (Å²) in [6.07, 6.45) is 0. The summed E-state index contributed by atoms with van der Waals surface area (Å²) in [7, 11) is 1.42. The van der Waals surface area contributed by atoms with Gasteiger partial charge in [0, 0.05) is 17.7 Å². The number of phenolic OH excluding ortho intramolecular Hbond substituents is 1. The summed E-state index contributed by atoms with van der Waals surface area (Å²) in [5.74, 6) is -6.08. The van der Waals surface area contributed by atoms with Crippen molar-refractivity contribution in [3.8, 4) is 11.5 Å². The van der Waals surface area contributed by atoms with Crippen LogP contribution in [0.2, 0.25) is 0 Å². The summed E-state index contributed by atoms with van der Waals surface area (Å²) in [5.41, 5.74) is 1.25. The van der Waals surface area contributed by atoms with Gasteiger partial charge in [-0.15, -0.1) is 0 Å². The Morgan fingerprint density at radius 1 is 1.09 bits per heavy atom. The van der Waals surface area contributed by atoms with Crippen molar-refractivity contribution in [2.75, 3.05) is 12.5 Å². The molecule has 0 fully saturated rings.